The second-order valence-corrected chi connectivity index (χ2v) is 4.90. The molecule has 0 spiro atoms. The molecule has 1 amide bonds. The third kappa shape index (κ3) is 2.80. The summed E-state index contributed by atoms with van der Waals surface area (Å²) in [4.78, 5) is 11.7. The van der Waals surface area contributed by atoms with Crippen LogP contribution in [0, 0.1) is 0 Å². The van der Waals surface area contributed by atoms with Gasteiger partial charge in [-0.25, -0.2) is 4.79 Å². The first kappa shape index (κ1) is 12.4. The van der Waals surface area contributed by atoms with E-state index in [0.717, 1.165) is 25.9 Å². The van der Waals surface area contributed by atoms with Crippen LogP contribution in [0.3, 0.4) is 0 Å². The van der Waals surface area contributed by atoms with E-state index in [1.54, 1.807) is 0 Å². The summed E-state index contributed by atoms with van der Waals surface area (Å²) in [6.07, 6.45) is 9.21. The zero-order chi connectivity index (χ0) is 12.1. The van der Waals surface area contributed by atoms with Crippen molar-refractivity contribution in [1.82, 2.24) is 5.43 Å². The van der Waals surface area contributed by atoms with Gasteiger partial charge in [0.05, 0.1) is 6.61 Å². The van der Waals surface area contributed by atoms with Gasteiger partial charge in [-0.05, 0) is 32.3 Å². The Balaban J connectivity index is 2.08. The Kier molecular flexibility index (Phi) is 4.05. The number of amides is 1. The predicted molar refractivity (Wildman–Crippen MR) is 65.9 cm³/mol. The number of hydrogen-bond donors (Lipinski definition) is 1. The number of likely N-dealkylation sites (tertiary alicyclic amines) is 1. The number of nitrogens with one attached hydrogen (secondary N) is 1. The standard InChI is InChI=1S/C13H22N2O2/c1-2-17-13(16)14-15(10-6-7-11-15)12-8-4-3-5-9-12/h8H,2-7,9-11H2,1H3/p+1. The third-order valence-corrected chi connectivity index (χ3v) is 3.73. The van der Waals surface area contributed by atoms with E-state index in [1.807, 2.05) is 6.92 Å². The molecule has 0 aromatic carbocycles. The van der Waals surface area contributed by atoms with Gasteiger partial charge >= 0.3 is 6.09 Å². The molecule has 1 saturated heterocycles. The molecular weight excluding hydrogens is 216 g/mol. The highest BCUT2D eigenvalue weighted by Crippen LogP contribution is 2.30. The van der Waals surface area contributed by atoms with Crippen LogP contribution in [0.4, 0.5) is 4.79 Å². The van der Waals surface area contributed by atoms with Crippen molar-refractivity contribution in [1.29, 1.82) is 0 Å². The maximum atomic E-state index is 11.7. The summed E-state index contributed by atoms with van der Waals surface area (Å²) < 4.78 is 5.68. The molecule has 0 aromatic heterocycles. The van der Waals surface area contributed by atoms with Gasteiger partial charge in [-0.1, -0.05) is 0 Å². The number of hydrogen-bond acceptors (Lipinski definition) is 2. The number of ether oxygens (including phenoxy) is 1. The Morgan fingerprint density at radius 2 is 2.12 bits per heavy atom. The van der Waals surface area contributed by atoms with Crippen LogP contribution in [-0.4, -0.2) is 30.4 Å². The van der Waals surface area contributed by atoms with Crippen molar-refractivity contribution in [2.24, 2.45) is 0 Å². The number of carbonyl (C=O) groups excluding carboxylic acids is 1. The predicted octanol–water partition coefficient (Wildman–Crippen LogP) is 2.72. The van der Waals surface area contributed by atoms with Crippen molar-refractivity contribution in [3.8, 4) is 0 Å². The van der Waals surface area contributed by atoms with Gasteiger partial charge in [0.2, 0.25) is 0 Å². The van der Waals surface area contributed by atoms with E-state index in [0.29, 0.717) is 11.2 Å². The summed E-state index contributed by atoms with van der Waals surface area (Å²) in [5.41, 5.74) is 4.46. The Labute approximate surface area is 103 Å². The van der Waals surface area contributed by atoms with Crippen molar-refractivity contribution >= 4 is 6.09 Å². The Bertz CT molecular complexity index is 307. The fraction of sp³-hybridized carbons (Fsp3) is 0.769. The van der Waals surface area contributed by atoms with Crippen LogP contribution in [0.15, 0.2) is 11.8 Å². The SMILES string of the molecule is CCOC(=O)N[N+]1(C2=CCCCC2)CCCC1. The van der Waals surface area contributed by atoms with E-state index in [-0.39, 0.29) is 6.09 Å². The van der Waals surface area contributed by atoms with Gasteiger partial charge in [0.1, 0.15) is 18.8 Å². The second-order valence-electron chi connectivity index (χ2n) is 4.90. The lowest BCUT2D eigenvalue weighted by molar-refractivity contribution is -0.917. The molecule has 0 bridgehead atoms. The van der Waals surface area contributed by atoms with E-state index < -0.39 is 0 Å². The molecule has 1 fully saturated rings. The van der Waals surface area contributed by atoms with Gasteiger partial charge in [-0.15, -0.1) is 0 Å². The molecule has 17 heavy (non-hydrogen) atoms. The summed E-state index contributed by atoms with van der Waals surface area (Å²) in [6, 6.07) is 0. The monoisotopic (exact) mass is 239 g/mol. The summed E-state index contributed by atoms with van der Waals surface area (Å²) in [6.45, 7) is 4.31. The number of allylic oxidation sites excluding steroid dienone is 2. The zero-order valence-electron chi connectivity index (χ0n) is 10.7. The molecule has 4 nitrogen and oxygen atoms in total. The third-order valence-electron chi connectivity index (χ3n) is 3.73. The van der Waals surface area contributed by atoms with Crippen LogP contribution in [0.25, 0.3) is 0 Å². The zero-order valence-corrected chi connectivity index (χ0v) is 10.7. The minimum Gasteiger partial charge on any atom is -0.447 e. The Morgan fingerprint density at radius 3 is 2.71 bits per heavy atom. The van der Waals surface area contributed by atoms with Gasteiger partial charge in [0.15, 0.2) is 0 Å². The van der Waals surface area contributed by atoms with Crippen LogP contribution in [0.2, 0.25) is 0 Å². The number of quaternary nitrogens is 1. The summed E-state index contributed by atoms with van der Waals surface area (Å²) in [7, 11) is 0. The van der Waals surface area contributed by atoms with Crippen molar-refractivity contribution < 1.29 is 14.1 Å². The van der Waals surface area contributed by atoms with E-state index in [4.69, 9.17) is 4.74 Å². The number of carbonyl (C=O) groups is 1. The van der Waals surface area contributed by atoms with Gasteiger partial charge in [-0.2, -0.15) is 10.0 Å². The molecular formula is C13H23N2O2+. The molecule has 2 aliphatic rings. The number of nitrogens with zero attached hydrogens (tertiary/aromatic N) is 1. The van der Waals surface area contributed by atoms with Gasteiger partial charge < -0.3 is 4.74 Å². The van der Waals surface area contributed by atoms with E-state index in [1.165, 1.54) is 31.4 Å². The fourth-order valence-electron chi connectivity index (χ4n) is 2.89. The molecule has 0 saturated carbocycles. The average molecular weight is 239 g/mol. The first-order valence-corrected chi connectivity index (χ1v) is 6.78. The summed E-state index contributed by atoms with van der Waals surface area (Å²) in [5.74, 6) is 0. The maximum absolute atomic E-state index is 11.7. The minimum atomic E-state index is -0.277. The molecule has 0 radical (unpaired) electrons. The molecule has 0 atom stereocenters. The van der Waals surface area contributed by atoms with Crippen molar-refractivity contribution in [3.05, 3.63) is 11.8 Å². The molecule has 0 aromatic rings. The van der Waals surface area contributed by atoms with E-state index in [2.05, 4.69) is 11.5 Å². The Morgan fingerprint density at radius 1 is 1.35 bits per heavy atom. The lowest BCUT2D eigenvalue weighted by Crippen LogP contribution is -2.57. The van der Waals surface area contributed by atoms with Gasteiger partial charge in [0, 0.05) is 19.3 Å². The molecule has 0 unspecified atom stereocenters. The van der Waals surface area contributed by atoms with Crippen LogP contribution in [0.5, 0.6) is 0 Å². The number of rotatable bonds is 3. The molecule has 96 valence electrons. The highest BCUT2D eigenvalue weighted by Gasteiger charge is 2.39. The Hall–Kier alpha value is -1.03. The second kappa shape index (κ2) is 5.54. The molecule has 1 aliphatic heterocycles. The largest absolute Gasteiger partial charge is 0.452 e. The first-order chi connectivity index (χ1) is 8.27. The van der Waals surface area contributed by atoms with Crippen molar-refractivity contribution in [2.75, 3.05) is 19.7 Å². The molecule has 2 rings (SSSR count). The average Bonchev–Trinajstić information content (AvgIpc) is 2.80. The lowest BCUT2D eigenvalue weighted by atomic mass is 10.0. The lowest BCUT2D eigenvalue weighted by Gasteiger charge is -2.35. The maximum Gasteiger partial charge on any atom is 0.452 e. The van der Waals surface area contributed by atoms with Crippen molar-refractivity contribution in [3.63, 3.8) is 0 Å². The van der Waals surface area contributed by atoms with Crippen LogP contribution in [0.1, 0.15) is 45.4 Å². The van der Waals surface area contributed by atoms with E-state index in [9.17, 15) is 4.79 Å². The molecule has 4 heteroatoms. The molecule has 1 N–H and O–H groups in total. The van der Waals surface area contributed by atoms with Gasteiger partial charge in [-0.3, -0.25) is 0 Å². The summed E-state index contributed by atoms with van der Waals surface area (Å²) >= 11 is 0. The fourth-order valence-corrected chi connectivity index (χ4v) is 2.89. The topological polar surface area (TPSA) is 38.3 Å². The highest BCUT2D eigenvalue weighted by molar-refractivity contribution is 5.65. The van der Waals surface area contributed by atoms with Crippen molar-refractivity contribution in [2.45, 2.75) is 45.4 Å². The molecule has 1 aliphatic carbocycles. The highest BCUT2D eigenvalue weighted by atomic mass is 16.6. The molecule has 1 heterocycles. The quantitative estimate of drug-likeness (QED) is 0.769. The van der Waals surface area contributed by atoms with E-state index >= 15 is 0 Å². The van der Waals surface area contributed by atoms with Crippen LogP contribution >= 0.6 is 0 Å². The van der Waals surface area contributed by atoms with Gasteiger partial charge in [0.25, 0.3) is 0 Å². The summed E-state index contributed by atoms with van der Waals surface area (Å²) in [5, 5.41) is 0. The first-order valence-electron chi connectivity index (χ1n) is 6.78. The smallest absolute Gasteiger partial charge is 0.447 e. The normalized spacial score (nSPS) is 23.0. The van der Waals surface area contributed by atoms with Crippen LogP contribution in [-0.2, 0) is 4.74 Å². The van der Waals surface area contributed by atoms with Crippen LogP contribution < -0.4 is 5.43 Å². The minimum absolute atomic E-state index is 0.277.